The number of esters is 4. The average molecular weight is 1430 g/mol. The number of unbranched alkanes of at least 4 members (excludes halogenated alkanes) is 36. The Kier molecular flexibility index (Phi) is 69.3. The van der Waals surface area contributed by atoms with Gasteiger partial charge in [0.25, 0.3) is 0 Å². The molecule has 0 aliphatic rings. The van der Waals surface area contributed by atoms with Gasteiger partial charge in [-0.2, -0.15) is 0 Å². The molecule has 0 spiro atoms. The van der Waals surface area contributed by atoms with Crippen LogP contribution in [-0.2, 0) is 65.4 Å². The summed E-state index contributed by atoms with van der Waals surface area (Å²) in [6, 6.07) is 0. The first kappa shape index (κ1) is 94.5. The van der Waals surface area contributed by atoms with Gasteiger partial charge in [-0.1, -0.05) is 280 Å². The van der Waals surface area contributed by atoms with Crippen LogP contribution in [-0.4, -0.2) is 96.7 Å². The first-order chi connectivity index (χ1) is 47.7. The van der Waals surface area contributed by atoms with Crippen LogP contribution in [0, 0.1) is 0 Å². The summed E-state index contributed by atoms with van der Waals surface area (Å²) in [4.78, 5) is 72.8. The molecule has 0 aromatic heterocycles. The Bertz CT molecular complexity index is 2140. The molecule has 17 nitrogen and oxygen atoms in total. The molecule has 3 N–H and O–H groups in total. The van der Waals surface area contributed by atoms with Gasteiger partial charge in [0.05, 0.1) is 26.4 Å². The van der Waals surface area contributed by atoms with Gasteiger partial charge in [-0.05, 0) is 116 Å². The van der Waals surface area contributed by atoms with Gasteiger partial charge in [0.1, 0.15) is 19.3 Å². The average Bonchev–Trinajstić information content (AvgIpc) is 1.02. The molecule has 0 amide bonds. The molecule has 0 aliphatic heterocycles. The van der Waals surface area contributed by atoms with Crippen molar-refractivity contribution >= 4 is 39.5 Å². The van der Waals surface area contributed by atoms with Crippen molar-refractivity contribution in [3.63, 3.8) is 0 Å². The summed E-state index contributed by atoms with van der Waals surface area (Å²) in [5, 5.41) is 10.6. The molecular weight excluding hydrogens is 1280 g/mol. The Morgan fingerprint density at radius 3 is 0.847 bits per heavy atom. The van der Waals surface area contributed by atoms with Crippen molar-refractivity contribution in [2.45, 2.75) is 367 Å². The van der Waals surface area contributed by atoms with Gasteiger partial charge in [-0.25, -0.2) is 9.13 Å². The van der Waals surface area contributed by atoms with Gasteiger partial charge in [0.15, 0.2) is 12.2 Å². The number of allylic oxidation sites excluding steroid dienone is 12. The molecule has 5 atom stereocenters. The number of rotatable bonds is 74. The summed E-state index contributed by atoms with van der Waals surface area (Å²) in [6.07, 6.45) is 71.8. The van der Waals surface area contributed by atoms with Crippen molar-refractivity contribution in [2.75, 3.05) is 39.6 Å². The number of phosphoric acid groups is 2. The van der Waals surface area contributed by atoms with Crippen LogP contribution in [0.4, 0.5) is 0 Å². The summed E-state index contributed by atoms with van der Waals surface area (Å²) < 4.78 is 68.4. The number of hydrogen-bond acceptors (Lipinski definition) is 15. The molecule has 0 aromatic carbocycles. The Balaban J connectivity index is 5.38. The van der Waals surface area contributed by atoms with E-state index in [4.69, 9.17) is 37.0 Å². The van der Waals surface area contributed by atoms with Gasteiger partial charge in [0.2, 0.25) is 0 Å². The second kappa shape index (κ2) is 71.9. The van der Waals surface area contributed by atoms with E-state index >= 15 is 0 Å². The summed E-state index contributed by atoms with van der Waals surface area (Å²) >= 11 is 0. The second-order valence-corrected chi connectivity index (χ2v) is 29.2. The lowest BCUT2D eigenvalue weighted by Crippen LogP contribution is -2.30. The van der Waals surface area contributed by atoms with Crippen LogP contribution in [0.2, 0.25) is 0 Å². The van der Waals surface area contributed by atoms with Crippen LogP contribution in [0.25, 0.3) is 0 Å². The number of carbonyl (C=O) groups excluding carboxylic acids is 4. The smallest absolute Gasteiger partial charge is 0.462 e. The summed E-state index contributed by atoms with van der Waals surface area (Å²) in [5.74, 6) is -2.23. The molecular formula is C79H142O17P2. The predicted molar refractivity (Wildman–Crippen MR) is 400 cm³/mol. The lowest BCUT2D eigenvalue weighted by atomic mass is 10.0. The van der Waals surface area contributed by atoms with Crippen molar-refractivity contribution in [2.24, 2.45) is 0 Å². The summed E-state index contributed by atoms with van der Waals surface area (Å²) in [6.45, 7) is 4.79. The third-order valence-corrected chi connectivity index (χ3v) is 18.5. The van der Waals surface area contributed by atoms with Gasteiger partial charge in [-0.3, -0.25) is 37.3 Å². The number of ether oxygens (including phenoxy) is 4. The zero-order valence-electron chi connectivity index (χ0n) is 62.2. The minimum Gasteiger partial charge on any atom is -0.462 e. The number of aliphatic hydroxyl groups excluding tert-OH is 1. The highest BCUT2D eigenvalue weighted by atomic mass is 31.2. The van der Waals surface area contributed by atoms with E-state index in [2.05, 4.69) is 88.5 Å². The van der Waals surface area contributed by atoms with Crippen LogP contribution in [0.5, 0.6) is 0 Å². The Hall–Kier alpha value is -3.50. The van der Waals surface area contributed by atoms with Gasteiger partial charge >= 0.3 is 39.5 Å². The topological polar surface area (TPSA) is 237 Å². The molecule has 0 rings (SSSR count). The van der Waals surface area contributed by atoms with E-state index in [1.54, 1.807) is 0 Å². The lowest BCUT2D eigenvalue weighted by Gasteiger charge is -2.21. The highest BCUT2D eigenvalue weighted by molar-refractivity contribution is 7.47. The maximum Gasteiger partial charge on any atom is 0.472 e. The van der Waals surface area contributed by atoms with Gasteiger partial charge in [-0.15, -0.1) is 0 Å². The van der Waals surface area contributed by atoms with E-state index in [0.29, 0.717) is 32.1 Å². The SMILES string of the molecule is CCCCC/C=C\C/C=C\C/C=C\C/C=C\CCCC(=O)O[C@H](COC(=O)CCCCCCCCCCCCCCC)COP(=O)(O)OC[C@H](O)COP(=O)(O)OC[C@@H](COC(=O)CCCCCCC/C=C\CCCCCCCC)OC(=O)CCCCCCC/C=C\CCCCCC. The zero-order valence-corrected chi connectivity index (χ0v) is 64.0. The summed E-state index contributed by atoms with van der Waals surface area (Å²) in [7, 11) is -9.96. The number of carbonyl (C=O) groups is 4. The van der Waals surface area contributed by atoms with Crippen LogP contribution in [0.3, 0.4) is 0 Å². The van der Waals surface area contributed by atoms with E-state index in [-0.39, 0.29) is 25.7 Å². The first-order valence-electron chi connectivity index (χ1n) is 39.2. The van der Waals surface area contributed by atoms with E-state index in [0.717, 1.165) is 122 Å². The molecule has 0 saturated heterocycles. The molecule has 0 heterocycles. The molecule has 0 saturated carbocycles. The van der Waals surface area contributed by atoms with Gasteiger partial charge in [0, 0.05) is 25.7 Å². The summed E-state index contributed by atoms with van der Waals surface area (Å²) in [5.41, 5.74) is 0. The minimum absolute atomic E-state index is 0.0228. The van der Waals surface area contributed by atoms with E-state index < -0.39 is 97.5 Å². The monoisotopic (exact) mass is 1420 g/mol. The van der Waals surface area contributed by atoms with Crippen LogP contribution in [0.15, 0.2) is 72.9 Å². The van der Waals surface area contributed by atoms with E-state index in [1.807, 2.05) is 12.2 Å². The fourth-order valence-electron chi connectivity index (χ4n) is 10.6. The Morgan fingerprint density at radius 2 is 0.510 bits per heavy atom. The van der Waals surface area contributed by atoms with Crippen molar-refractivity contribution in [3.8, 4) is 0 Å². The quantitative estimate of drug-likeness (QED) is 0.0169. The molecule has 0 aromatic rings. The van der Waals surface area contributed by atoms with Crippen LogP contribution in [0.1, 0.15) is 349 Å². The second-order valence-electron chi connectivity index (χ2n) is 26.3. The third-order valence-electron chi connectivity index (χ3n) is 16.6. The Morgan fingerprint density at radius 1 is 0.286 bits per heavy atom. The number of phosphoric ester groups is 2. The largest absolute Gasteiger partial charge is 0.472 e. The number of hydrogen-bond donors (Lipinski definition) is 3. The number of aliphatic hydroxyl groups is 1. The minimum atomic E-state index is -4.98. The molecule has 0 fully saturated rings. The van der Waals surface area contributed by atoms with E-state index in [1.165, 1.54) is 141 Å². The predicted octanol–water partition coefficient (Wildman–Crippen LogP) is 22.4. The lowest BCUT2D eigenvalue weighted by molar-refractivity contribution is -0.161. The maximum atomic E-state index is 13.1. The van der Waals surface area contributed by atoms with Gasteiger partial charge < -0.3 is 33.8 Å². The van der Waals surface area contributed by atoms with Crippen LogP contribution < -0.4 is 0 Å². The zero-order chi connectivity index (χ0) is 71.8. The molecule has 19 heteroatoms. The normalized spacial score (nSPS) is 14.3. The highest BCUT2D eigenvalue weighted by Crippen LogP contribution is 2.45. The molecule has 0 bridgehead atoms. The fourth-order valence-corrected chi connectivity index (χ4v) is 12.2. The molecule has 98 heavy (non-hydrogen) atoms. The molecule has 2 unspecified atom stereocenters. The van der Waals surface area contributed by atoms with Crippen LogP contribution >= 0.6 is 15.6 Å². The van der Waals surface area contributed by atoms with Crippen molar-refractivity contribution in [3.05, 3.63) is 72.9 Å². The fraction of sp³-hybridized carbons (Fsp3) is 0.797. The highest BCUT2D eigenvalue weighted by Gasteiger charge is 2.30. The maximum absolute atomic E-state index is 13.1. The molecule has 0 aliphatic carbocycles. The third kappa shape index (κ3) is 70.9. The van der Waals surface area contributed by atoms with Crippen molar-refractivity contribution in [1.82, 2.24) is 0 Å². The molecule has 0 radical (unpaired) electrons. The van der Waals surface area contributed by atoms with E-state index in [9.17, 15) is 43.2 Å². The van der Waals surface area contributed by atoms with Crippen molar-refractivity contribution < 1.29 is 80.2 Å². The molecule has 570 valence electrons. The first-order valence-corrected chi connectivity index (χ1v) is 42.2. The standard InChI is InChI=1S/C79H142O17P2/c1-5-9-13-17-21-25-29-33-35-36-38-42-46-50-54-58-62-66-79(84)96-75(69-89-76(81)63-59-55-51-47-43-39-31-27-23-19-15-11-7-3)72-94-98(87,88)92-68-73(80)67-91-97(85,86)93-71-74(95-78(83)65-61-57-53-49-45-40-32-28-24-20-16-12-8-4)70-90-77(82)64-60-56-52-48-44-41-37-34-30-26-22-18-14-10-6-2/h21,25,28,32-35,37-38,42,50,54,73-75,80H,5-20,22-24,26-27,29-31,36,39-41,43-49,51-53,55-72H2,1-4H3,(H,85,86)(H,87,88)/b25-21-,32-28-,35-33-,37-34-,42-38-,54-50-/t73-,74-,75-/m1/s1. The van der Waals surface area contributed by atoms with Crippen molar-refractivity contribution in [1.29, 1.82) is 0 Å². The Labute approximate surface area is 596 Å².